The molecular formula is C15H12FN3O3. The van der Waals surface area contributed by atoms with E-state index in [1.807, 2.05) is 0 Å². The number of aliphatic hydroxyl groups is 1. The summed E-state index contributed by atoms with van der Waals surface area (Å²) in [7, 11) is 0. The molecule has 7 heteroatoms. The Morgan fingerprint density at radius 1 is 1.41 bits per heavy atom. The van der Waals surface area contributed by atoms with Crippen LogP contribution in [-0.4, -0.2) is 30.8 Å². The zero-order valence-electron chi connectivity index (χ0n) is 11.6. The van der Waals surface area contributed by atoms with Crippen molar-refractivity contribution >= 4 is 11.6 Å². The second-order valence-electron chi connectivity index (χ2n) is 4.83. The van der Waals surface area contributed by atoms with Crippen molar-refractivity contribution in [2.24, 2.45) is 0 Å². The summed E-state index contributed by atoms with van der Waals surface area (Å²) in [5.74, 6) is -1.88. The number of aromatic carboxylic acids is 1. The fourth-order valence-corrected chi connectivity index (χ4v) is 2.26. The van der Waals surface area contributed by atoms with E-state index in [4.69, 9.17) is 0 Å². The summed E-state index contributed by atoms with van der Waals surface area (Å²) in [5, 5.41) is 23.0. The minimum atomic E-state index is -1.23. The Hall–Kier alpha value is -2.80. The third-order valence-corrected chi connectivity index (χ3v) is 3.34. The highest BCUT2D eigenvalue weighted by atomic mass is 19.1. The first-order valence-corrected chi connectivity index (χ1v) is 6.53. The minimum absolute atomic E-state index is 0.000780. The van der Waals surface area contributed by atoms with Crippen LogP contribution in [0, 0.1) is 5.82 Å². The summed E-state index contributed by atoms with van der Waals surface area (Å²) in [6.07, 6.45) is 2.17. The number of aromatic nitrogens is 3. The van der Waals surface area contributed by atoms with Crippen LogP contribution < -0.4 is 0 Å². The van der Waals surface area contributed by atoms with Gasteiger partial charge >= 0.3 is 5.97 Å². The van der Waals surface area contributed by atoms with Crippen LogP contribution in [0.1, 0.15) is 28.9 Å². The van der Waals surface area contributed by atoms with Crippen LogP contribution in [-0.2, 0) is 0 Å². The Morgan fingerprint density at radius 3 is 2.82 bits per heavy atom. The molecule has 2 aromatic heterocycles. The normalized spacial score (nSPS) is 12.5. The number of halogens is 1. The van der Waals surface area contributed by atoms with Crippen molar-refractivity contribution in [1.29, 1.82) is 0 Å². The lowest BCUT2D eigenvalue weighted by Crippen LogP contribution is -2.00. The SMILES string of the molecule is CC(O)c1ccc(-c2nn3cccnc3c2C(=O)O)c(F)c1. The second-order valence-corrected chi connectivity index (χ2v) is 4.83. The van der Waals surface area contributed by atoms with Crippen LogP contribution in [0.3, 0.4) is 0 Å². The Morgan fingerprint density at radius 2 is 2.18 bits per heavy atom. The number of benzene rings is 1. The van der Waals surface area contributed by atoms with E-state index in [0.717, 1.165) is 0 Å². The fourth-order valence-electron chi connectivity index (χ4n) is 2.26. The molecule has 2 heterocycles. The molecule has 0 bridgehead atoms. The van der Waals surface area contributed by atoms with E-state index in [-0.39, 0.29) is 22.5 Å². The van der Waals surface area contributed by atoms with Gasteiger partial charge in [-0.2, -0.15) is 5.10 Å². The number of hydrogen-bond acceptors (Lipinski definition) is 4. The molecule has 1 unspecified atom stereocenters. The summed E-state index contributed by atoms with van der Waals surface area (Å²) < 4.78 is 15.6. The molecule has 6 nitrogen and oxygen atoms in total. The van der Waals surface area contributed by atoms with Crippen LogP contribution in [0.5, 0.6) is 0 Å². The summed E-state index contributed by atoms with van der Waals surface area (Å²) in [5.41, 5.74) is 0.432. The maximum Gasteiger partial charge on any atom is 0.341 e. The predicted octanol–water partition coefficient (Wildman–Crippen LogP) is 2.29. The van der Waals surface area contributed by atoms with Gasteiger partial charge in [-0.05, 0) is 30.7 Å². The molecule has 3 rings (SSSR count). The summed E-state index contributed by atoms with van der Waals surface area (Å²) in [4.78, 5) is 15.5. The zero-order chi connectivity index (χ0) is 15.9. The molecule has 22 heavy (non-hydrogen) atoms. The maximum absolute atomic E-state index is 14.3. The van der Waals surface area contributed by atoms with Crippen molar-refractivity contribution in [1.82, 2.24) is 14.6 Å². The van der Waals surface area contributed by atoms with E-state index in [2.05, 4.69) is 10.1 Å². The minimum Gasteiger partial charge on any atom is -0.477 e. The van der Waals surface area contributed by atoms with Crippen molar-refractivity contribution in [3.63, 3.8) is 0 Å². The Kier molecular flexibility index (Phi) is 3.34. The molecule has 1 aromatic carbocycles. The molecule has 0 radical (unpaired) electrons. The number of hydrogen-bond donors (Lipinski definition) is 2. The van der Waals surface area contributed by atoms with Gasteiger partial charge in [0.2, 0.25) is 0 Å². The highest BCUT2D eigenvalue weighted by Crippen LogP contribution is 2.29. The Bertz CT molecular complexity index is 874. The highest BCUT2D eigenvalue weighted by molar-refractivity contribution is 6.01. The lowest BCUT2D eigenvalue weighted by Gasteiger charge is -2.07. The monoisotopic (exact) mass is 301 g/mol. The average Bonchev–Trinajstić information content (AvgIpc) is 2.86. The molecule has 2 N–H and O–H groups in total. The molecule has 0 amide bonds. The smallest absolute Gasteiger partial charge is 0.341 e. The van der Waals surface area contributed by atoms with Crippen LogP contribution in [0.25, 0.3) is 16.9 Å². The summed E-state index contributed by atoms with van der Waals surface area (Å²) >= 11 is 0. The van der Waals surface area contributed by atoms with Gasteiger partial charge in [0.1, 0.15) is 17.1 Å². The van der Waals surface area contributed by atoms with Crippen molar-refractivity contribution in [2.45, 2.75) is 13.0 Å². The van der Waals surface area contributed by atoms with Gasteiger partial charge in [0.05, 0.1) is 6.10 Å². The van der Waals surface area contributed by atoms with E-state index in [1.165, 1.54) is 35.8 Å². The number of nitrogens with zero attached hydrogens (tertiary/aromatic N) is 3. The predicted molar refractivity (Wildman–Crippen MR) is 76.0 cm³/mol. The first kappa shape index (κ1) is 14.2. The molecule has 3 aromatic rings. The van der Waals surface area contributed by atoms with Crippen LogP contribution in [0.4, 0.5) is 4.39 Å². The number of carboxylic acids is 1. The van der Waals surface area contributed by atoms with E-state index in [9.17, 15) is 19.4 Å². The molecule has 0 saturated carbocycles. The Balaban J connectivity index is 2.26. The topological polar surface area (TPSA) is 87.7 Å². The zero-order valence-corrected chi connectivity index (χ0v) is 11.6. The van der Waals surface area contributed by atoms with Gasteiger partial charge in [-0.25, -0.2) is 18.7 Å². The first-order valence-electron chi connectivity index (χ1n) is 6.53. The summed E-state index contributed by atoms with van der Waals surface area (Å²) in [6, 6.07) is 5.71. The van der Waals surface area contributed by atoms with Gasteiger partial charge in [-0.15, -0.1) is 0 Å². The molecule has 0 saturated heterocycles. The molecule has 0 fully saturated rings. The third-order valence-electron chi connectivity index (χ3n) is 3.34. The summed E-state index contributed by atoms with van der Waals surface area (Å²) in [6.45, 7) is 1.52. The molecule has 112 valence electrons. The van der Waals surface area contributed by atoms with E-state index in [0.29, 0.717) is 5.56 Å². The Labute approximate surface area is 124 Å². The lowest BCUT2D eigenvalue weighted by molar-refractivity contribution is 0.0699. The van der Waals surface area contributed by atoms with Crippen LogP contribution in [0.2, 0.25) is 0 Å². The van der Waals surface area contributed by atoms with Crippen molar-refractivity contribution in [3.8, 4) is 11.3 Å². The number of rotatable bonds is 3. The number of carboxylic acid groups (broad SMARTS) is 1. The molecule has 1 atom stereocenters. The van der Waals surface area contributed by atoms with Crippen LogP contribution in [0.15, 0.2) is 36.7 Å². The first-order chi connectivity index (χ1) is 10.5. The average molecular weight is 301 g/mol. The number of fused-ring (bicyclic) bond motifs is 1. The van der Waals surface area contributed by atoms with Gasteiger partial charge < -0.3 is 10.2 Å². The molecule has 0 aliphatic rings. The molecule has 0 aliphatic heterocycles. The van der Waals surface area contributed by atoms with E-state index >= 15 is 0 Å². The highest BCUT2D eigenvalue weighted by Gasteiger charge is 2.23. The van der Waals surface area contributed by atoms with E-state index in [1.54, 1.807) is 12.3 Å². The van der Waals surface area contributed by atoms with Crippen molar-refractivity contribution in [3.05, 3.63) is 53.6 Å². The van der Waals surface area contributed by atoms with Gasteiger partial charge in [0, 0.05) is 18.0 Å². The molecule has 0 aliphatic carbocycles. The molecule has 0 spiro atoms. The largest absolute Gasteiger partial charge is 0.477 e. The maximum atomic E-state index is 14.3. The van der Waals surface area contributed by atoms with Gasteiger partial charge in [0.15, 0.2) is 5.65 Å². The number of carbonyl (C=O) groups is 1. The second kappa shape index (κ2) is 5.19. The third kappa shape index (κ3) is 2.21. The lowest BCUT2D eigenvalue weighted by atomic mass is 10.0. The van der Waals surface area contributed by atoms with Crippen LogP contribution >= 0.6 is 0 Å². The van der Waals surface area contributed by atoms with E-state index < -0.39 is 17.9 Å². The van der Waals surface area contributed by atoms with Gasteiger partial charge in [-0.3, -0.25) is 0 Å². The quantitative estimate of drug-likeness (QED) is 0.775. The molecular weight excluding hydrogens is 289 g/mol. The van der Waals surface area contributed by atoms with Crippen molar-refractivity contribution < 1.29 is 19.4 Å². The standard InChI is InChI=1S/C15H12FN3O3/c1-8(20)9-3-4-10(11(16)7-9)13-12(15(21)22)14-17-5-2-6-19(14)18-13/h2-8,20H,1H3,(H,21,22). The van der Waals surface area contributed by atoms with Gasteiger partial charge in [-0.1, -0.05) is 6.07 Å². The van der Waals surface area contributed by atoms with Gasteiger partial charge in [0.25, 0.3) is 0 Å². The number of aliphatic hydroxyl groups excluding tert-OH is 1. The fraction of sp³-hybridized carbons (Fsp3) is 0.133. The van der Waals surface area contributed by atoms with Crippen molar-refractivity contribution in [2.75, 3.05) is 0 Å².